The number of rotatable bonds is 3. The number of aromatic amines is 1. The summed E-state index contributed by atoms with van der Waals surface area (Å²) in [6.07, 6.45) is 5.18. The summed E-state index contributed by atoms with van der Waals surface area (Å²) < 4.78 is 0.858. The molecule has 4 nitrogen and oxygen atoms in total. The van der Waals surface area contributed by atoms with Crippen LogP contribution in [0, 0.1) is 0 Å². The van der Waals surface area contributed by atoms with Crippen LogP contribution in [0.2, 0.25) is 0 Å². The summed E-state index contributed by atoms with van der Waals surface area (Å²) in [7, 11) is 0. The van der Waals surface area contributed by atoms with E-state index in [2.05, 4.69) is 31.2 Å². The van der Waals surface area contributed by atoms with Crippen molar-refractivity contribution in [1.29, 1.82) is 0 Å². The highest BCUT2D eigenvalue weighted by molar-refractivity contribution is 9.10. The lowest BCUT2D eigenvalue weighted by Gasteiger charge is -2.12. The van der Waals surface area contributed by atoms with E-state index in [1.807, 2.05) is 19.1 Å². The first-order valence-corrected chi connectivity index (χ1v) is 6.01. The van der Waals surface area contributed by atoms with E-state index >= 15 is 0 Å². The molecule has 88 valence electrons. The van der Waals surface area contributed by atoms with Crippen molar-refractivity contribution in [2.45, 2.75) is 13.0 Å². The Kier molecular flexibility index (Phi) is 3.58. The monoisotopic (exact) mass is 293 g/mol. The van der Waals surface area contributed by atoms with Crippen molar-refractivity contribution in [3.63, 3.8) is 0 Å². The van der Waals surface area contributed by atoms with Crippen LogP contribution in [0.1, 0.15) is 29.0 Å². The van der Waals surface area contributed by atoms with Crippen LogP contribution in [0.4, 0.5) is 0 Å². The van der Waals surface area contributed by atoms with E-state index in [4.69, 9.17) is 0 Å². The highest BCUT2D eigenvalue weighted by atomic mass is 79.9. The molecule has 0 fully saturated rings. The van der Waals surface area contributed by atoms with Gasteiger partial charge in [-0.05, 0) is 40.5 Å². The number of pyridine rings is 1. The quantitative estimate of drug-likeness (QED) is 0.914. The molecular formula is C12H12BrN3O. The lowest BCUT2D eigenvalue weighted by Crippen LogP contribution is -2.26. The molecule has 0 aliphatic heterocycles. The topological polar surface area (TPSA) is 57.8 Å². The van der Waals surface area contributed by atoms with E-state index < -0.39 is 0 Å². The molecule has 1 atom stereocenters. The van der Waals surface area contributed by atoms with E-state index in [1.165, 1.54) is 0 Å². The van der Waals surface area contributed by atoms with Gasteiger partial charge in [-0.15, -0.1) is 0 Å². The summed E-state index contributed by atoms with van der Waals surface area (Å²) in [4.78, 5) is 18.8. The molecule has 0 aliphatic carbocycles. The Morgan fingerprint density at radius 2 is 2.41 bits per heavy atom. The second kappa shape index (κ2) is 5.14. The first-order valence-electron chi connectivity index (χ1n) is 5.21. The summed E-state index contributed by atoms with van der Waals surface area (Å²) in [5.74, 6) is -0.132. The van der Waals surface area contributed by atoms with Crippen molar-refractivity contribution in [1.82, 2.24) is 15.3 Å². The van der Waals surface area contributed by atoms with Crippen molar-refractivity contribution >= 4 is 21.8 Å². The third kappa shape index (κ3) is 2.94. The predicted octanol–water partition coefficient (Wildman–Crippen LogP) is 2.66. The number of nitrogens with one attached hydrogen (secondary N) is 2. The first-order chi connectivity index (χ1) is 8.16. The van der Waals surface area contributed by atoms with Crippen LogP contribution < -0.4 is 5.32 Å². The minimum Gasteiger partial charge on any atom is -0.356 e. The smallest absolute Gasteiger partial charge is 0.268 e. The number of nitrogens with zero attached hydrogens (tertiary/aromatic N) is 1. The Morgan fingerprint density at radius 1 is 1.59 bits per heavy atom. The van der Waals surface area contributed by atoms with Crippen LogP contribution in [0.3, 0.4) is 0 Å². The predicted molar refractivity (Wildman–Crippen MR) is 68.6 cm³/mol. The molecule has 2 N–H and O–H groups in total. The lowest BCUT2D eigenvalue weighted by atomic mass is 10.1. The number of carbonyl (C=O) groups excluding carboxylic acids is 1. The normalized spacial score (nSPS) is 12.1. The second-order valence-corrected chi connectivity index (χ2v) is 4.63. The molecule has 17 heavy (non-hydrogen) atoms. The fourth-order valence-electron chi connectivity index (χ4n) is 1.49. The second-order valence-electron chi connectivity index (χ2n) is 3.71. The van der Waals surface area contributed by atoms with Crippen LogP contribution in [-0.2, 0) is 0 Å². The number of amides is 1. The molecular weight excluding hydrogens is 282 g/mol. The minimum absolute atomic E-state index is 0.0710. The van der Waals surface area contributed by atoms with Crippen LogP contribution in [0.5, 0.6) is 0 Å². The molecule has 2 aromatic heterocycles. The van der Waals surface area contributed by atoms with Gasteiger partial charge in [0, 0.05) is 23.1 Å². The van der Waals surface area contributed by atoms with Gasteiger partial charge in [0.25, 0.3) is 5.91 Å². The van der Waals surface area contributed by atoms with Crippen LogP contribution in [-0.4, -0.2) is 15.9 Å². The molecule has 0 saturated carbocycles. The molecule has 0 radical (unpaired) electrons. The summed E-state index contributed by atoms with van der Waals surface area (Å²) in [5, 5.41) is 2.89. The molecule has 2 rings (SSSR count). The van der Waals surface area contributed by atoms with E-state index in [-0.39, 0.29) is 11.9 Å². The average Bonchev–Trinajstić information content (AvgIpc) is 2.77. The Balaban J connectivity index is 2.04. The maximum Gasteiger partial charge on any atom is 0.268 e. The first kappa shape index (κ1) is 11.9. The number of hydrogen-bond acceptors (Lipinski definition) is 2. The molecule has 1 unspecified atom stereocenters. The minimum atomic E-state index is -0.132. The van der Waals surface area contributed by atoms with Gasteiger partial charge >= 0.3 is 0 Å². The van der Waals surface area contributed by atoms with Gasteiger partial charge in [0.15, 0.2) is 0 Å². The number of H-pyrrole nitrogens is 1. The van der Waals surface area contributed by atoms with Crippen LogP contribution in [0.25, 0.3) is 0 Å². The summed E-state index contributed by atoms with van der Waals surface area (Å²) in [5.41, 5.74) is 1.51. The average molecular weight is 294 g/mol. The number of hydrogen-bond donors (Lipinski definition) is 2. The number of halogens is 1. The molecule has 1 amide bonds. The standard InChI is InChI=1S/C12H12BrN3O/c1-8(9-3-2-4-14-6-9)16-12(17)11-5-10(13)7-15-11/h2-8,15H,1H3,(H,16,17). The Bertz CT molecular complexity index is 509. The molecule has 2 heterocycles. The van der Waals surface area contributed by atoms with Crippen molar-refractivity contribution in [3.05, 3.63) is 52.5 Å². The van der Waals surface area contributed by atoms with Gasteiger partial charge in [-0.25, -0.2) is 0 Å². The van der Waals surface area contributed by atoms with E-state index in [1.54, 1.807) is 24.7 Å². The molecule has 0 saturated heterocycles. The highest BCUT2D eigenvalue weighted by Gasteiger charge is 2.12. The fraction of sp³-hybridized carbons (Fsp3) is 0.167. The third-order valence-electron chi connectivity index (χ3n) is 2.42. The Hall–Kier alpha value is -1.62. The number of carbonyl (C=O) groups is 1. The van der Waals surface area contributed by atoms with Gasteiger partial charge in [0.2, 0.25) is 0 Å². The van der Waals surface area contributed by atoms with Gasteiger partial charge in [0.1, 0.15) is 5.69 Å². The van der Waals surface area contributed by atoms with E-state index in [0.29, 0.717) is 5.69 Å². The van der Waals surface area contributed by atoms with Gasteiger partial charge in [-0.2, -0.15) is 0 Å². The molecule has 0 aromatic carbocycles. The van der Waals surface area contributed by atoms with E-state index in [0.717, 1.165) is 10.0 Å². The molecule has 2 aromatic rings. The largest absolute Gasteiger partial charge is 0.356 e. The van der Waals surface area contributed by atoms with Crippen molar-refractivity contribution in [2.75, 3.05) is 0 Å². The van der Waals surface area contributed by atoms with Gasteiger partial charge in [-0.3, -0.25) is 9.78 Å². The molecule has 0 aliphatic rings. The fourth-order valence-corrected chi connectivity index (χ4v) is 1.83. The molecule has 0 bridgehead atoms. The van der Waals surface area contributed by atoms with Crippen LogP contribution in [0.15, 0.2) is 41.3 Å². The summed E-state index contributed by atoms with van der Waals surface area (Å²) in [6.45, 7) is 1.92. The van der Waals surface area contributed by atoms with Crippen molar-refractivity contribution < 1.29 is 4.79 Å². The van der Waals surface area contributed by atoms with Crippen molar-refractivity contribution in [2.24, 2.45) is 0 Å². The van der Waals surface area contributed by atoms with Crippen LogP contribution >= 0.6 is 15.9 Å². The third-order valence-corrected chi connectivity index (χ3v) is 2.88. The zero-order chi connectivity index (χ0) is 12.3. The van der Waals surface area contributed by atoms with Crippen molar-refractivity contribution in [3.8, 4) is 0 Å². The zero-order valence-electron chi connectivity index (χ0n) is 9.27. The number of aromatic nitrogens is 2. The Labute approximate surface area is 108 Å². The van der Waals surface area contributed by atoms with Gasteiger partial charge < -0.3 is 10.3 Å². The molecule has 0 spiro atoms. The lowest BCUT2D eigenvalue weighted by molar-refractivity contribution is 0.0935. The maximum absolute atomic E-state index is 11.9. The summed E-state index contributed by atoms with van der Waals surface area (Å²) in [6, 6.07) is 5.45. The SMILES string of the molecule is CC(NC(=O)c1cc(Br)c[nH]1)c1cccnc1. The Morgan fingerprint density at radius 3 is 3.00 bits per heavy atom. The van der Waals surface area contributed by atoms with Gasteiger partial charge in [-0.1, -0.05) is 6.07 Å². The van der Waals surface area contributed by atoms with Gasteiger partial charge in [0.05, 0.1) is 6.04 Å². The zero-order valence-corrected chi connectivity index (χ0v) is 10.9. The maximum atomic E-state index is 11.9. The summed E-state index contributed by atoms with van der Waals surface area (Å²) >= 11 is 3.29. The molecule has 5 heteroatoms. The highest BCUT2D eigenvalue weighted by Crippen LogP contribution is 2.13. The van der Waals surface area contributed by atoms with E-state index in [9.17, 15) is 4.79 Å².